The molecular formula is C16H19N7O4. The third-order valence-electron chi connectivity index (χ3n) is 3.99. The summed E-state index contributed by atoms with van der Waals surface area (Å²) < 4.78 is 0. The molecule has 1 aromatic carbocycles. The van der Waals surface area contributed by atoms with Gasteiger partial charge in [-0.2, -0.15) is 20.3 Å². The largest absolute Gasteiger partial charge is 0.507 e. The minimum absolute atomic E-state index is 0.0967. The Morgan fingerprint density at radius 2 is 2.04 bits per heavy atom. The van der Waals surface area contributed by atoms with Crippen molar-refractivity contribution >= 4 is 34.6 Å². The van der Waals surface area contributed by atoms with E-state index in [0.29, 0.717) is 22.7 Å². The molecule has 3 aromatic rings. The predicted octanol–water partition coefficient (Wildman–Crippen LogP) is 1.32. The van der Waals surface area contributed by atoms with Gasteiger partial charge in [-0.25, -0.2) is 4.79 Å². The summed E-state index contributed by atoms with van der Waals surface area (Å²) in [5.41, 5.74) is 0.800. The van der Waals surface area contributed by atoms with Gasteiger partial charge in [0.05, 0.1) is 12.6 Å². The number of nitrogens with one attached hydrogen (secondary N) is 3. The number of aromatic amines is 1. The molecule has 0 aliphatic carbocycles. The summed E-state index contributed by atoms with van der Waals surface area (Å²) in [5.74, 6) is -0.927. The van der Waals surface area contributed by atoms with E-state index in [4.69, 9.17) is 5.11 Å². The highest BCUT2D eigenvalue weighted by Gasteiger charge is 2.18. The Kier molecular flexibility index (Phi) is 5.03. The Morgan fingerprint density at radius 3 is 2.70 bits per heavy atom. The zero-order valence-electron chi connectivity index (χ0n) is 14.6. The third-order valence-corrected chi connectivity index (χ3v) is 3.99. The number of anilines is 3. The minimum atomic E-state index is -1.25. The van der Waals surface area contributed by atoms with E-state index in [-0.39, 0.29) is 35.8 Å². The van der Waals surface area contributed by atoms with Gasteiger partial charge in [-0.15, -0.1) is 5.10 Å². The van der Waals surface area contributed by atoms with Crippen molar-refractivity contribution in [3.8, 4) is 5.75 Å². The van der Waals surface area contributed by atoms with Crippen LogP contribution in [0.15, 0.2) is 18.2 Å². The lowest BCUT2D eigenvalue weighted by molar-refractivity contribution is 0.0694. The number of benzene rings is 1. The molecule has 0 saturated carbocycles. The highest BCUT2D eigenvalue weighted by molar-refractivity contribution is 5.93. The molecule has 0 aliphatic rings. The molecule has 6 N–H and O–H groups in total. The van der Waals surface area contributed by atoms with Gasteiger partial charge < -0.3 is 26.0 Å². The van der Waals surface area contributed by atoms with E-state index in [1.807, 2.05) is 13.8 Å². The summed E-state index contributed by atoms with van der Waals surface area (Å²) in [5, 5.41) is 44.7. The van der Waals surface area contributed by atoms with Crippen LogP contribution in [0.1, 0.15) is 24.2 Å². The number of fused-ring (bicyclic) bond motifs is 1. The van der Waals surface area contributed by atoms with Crippen molar-refractivity contribution in [3.05, 3.63) is 23.8 Å². The second-order valence-corrected chi connectivity index (χ2v) is 6.23. The monoisotopic (exact) mass is 373 g/mol. The van der Waals surface area contributed by atoms with Gasteiger partial charge in [-0.1, -0.05) is 13.8 Å². The number of aromatic carboxylic acids is 1. The number of aromatic hydroxyl groups is 1. The van der Waals surface area contributed by atoms with Crippen molar-refractivity contribution in [1.82, 2.24) is 25.4 Å². The van der Waals surface area contributed by atoms with Crippen molar-refractivity contribution in [1.29, 1.82) is 0 Å². The van der Waals surface area contributed by atoms with E-state index >= 15 is 0 Å². The number of carbonyl (C=O) groups is 1. The van der Waals surface area contributed by atoms with Gasteiger partial charge in [0.25, 0.3) is 0 Å². The maximum atomic E-state index is 11.2. The molecule has 0 unspecified atom stereocenters. The number of rotatable bonds is 7. The summed E-state index contributed by atoms with van der Waals surface area (Å²) in [6.07, 6.45) is 0. The fraction of sp³-hybridized carbons (Fsp3) is 0.312. The number of aliphatic hydroxyl groups is 1. The van der Waals surface area contributed by atoms with Crippen LogP contribution in [-0.4, -0.2) is 59.3 Å². The van der Waals surface area contributed by atoms with Crippen LogP contribution in [-0.2, 0) is 0 Å². The Morgan fingerprint density at radius 1 is 1.26 bits per heavy atom. The summed E-state index contributed by atoms with van der Waals surface area (Å²) in [6, 6.07) is 3.80. The summed E-state index contributed by atoms with van der Waals surface area (Å²) in [4.78, 5) is 19.8. The molecule has 0 fully saturated rings. The first-order valence-corrected chi connectivity index (χ1v) is 8.18. The zero-order chi connectivity index (χ0) is 19.6. The average Bonchev–Trinajstić information content (AvgIpc) is 3.09. The number of carboxylic acid groups (broad SMARTS) is 1. The second kappa shape index (κ2) is 7.41. The quantitative estimate of drug-likeness (QED) is 0.332. The first-order chi connectivity index (χ1) is 12.9. The smallest absolute Gasteiger partial charge is 0.339 e. The first kappa shape index (κ1) is 18.3. The lowest BCUT2D eigenvalue weighted by atomic mass is 10.1. The van der Waals surface area contributed by atoms with E-state index < -0.39 is 5.97 Å². The summed E-state index contributed by atoms with van der Waals surface area (Å²) in [6.45, 7) is 3.80. The van der Waals surface area contributed by atoms with E-state index in [2.05, 4.69) is 36.0 Å². The van der Waals surface area contributed by atoms with Crippen molar-refractivity contribution in [3.63, 3.8) is 0 Å². The van der Waals surface area contributed by atoms with Gasteiger partial charge in [0, 0.05) is 5.69 Å². The molecule has 11 nitrogen and oxygen atoms in total. The lowest BCUT2D eigenvalue weighted by Crippen LogP contribution is -2.30. The predicted molar refractivity (Wildman–Crippen MR) is 97.2 cm³/mol. The fourth-order valence-corrected chi connectivity index (χ4v) is 2.41. The molecule has 2 heterocycles. The molecule has 0 spiro atoms. The second-order valence-electron chi connectivity index (χ2n) is 6.23. The van der Waals surface area contributed by atoms with E-state index in [1.165, 1.54) is 18.2 Å². The number of aromatic nitrogens is 5. The SMILES string of the molecule is CC(C)[C@H](CO)Nc1nc(Nc2ccc(O)c(C(=O)O)c2)c2n[nH]nc2n1. The normalized spacial score (nSPS) is 12.3. The van der Waals surface area contributed by atoms with E-state index in [0.717, 1.165) is 0 Å². The van der Waals surface area contributed by atoms with E-state index in [9.17, 15) is 15.0 Å². The molecule has 142 valence electrons. The summed E-state index contributed by atoms with van der Waals surface area (Å²) >= 11 is 0. The molecule has 0 aliphatic heterocycles. The van der Waals surface area contributed by atoms with Crippen molar-refractivity contribution < 1.29 is 20.1 Å². The average molecular weight is 373 g/mol. The molecule has 0 saturated heterocycles. The molecule has 11 heteroatoms. The van der Waals surface area contributed by atoms with E-state index in [1.54, 1.807) is 0 Å². The van der Waals surface area contributed by atoms with Crippen LogP contribution in [0.25, 0.3) is 11.2 Å². The first-order valence-electron chi connectivity index (χ1n) is 8.18. The van der Waals surface area contributed by atoms with Gasteiger partial charge in [-0.05, 0) is 24.1 Å². The number of aliphatic hydroxyl groups excluding tert-OH is 1. The third kappa shape index (κ3) is 3.87. The zero-order valence-corrected chi connectivity index (χ0v) is 14.6. The fourth-order valence-electron chi connectivity index (χ4n) is 2.41. The molecule has 1 atom stereocenters. The number of phenols is 1. The van der Waals surface area contributed by atoms with Crippen LogP contribution in [0.5, 0.6) is 5.75 Å². The van der Waals surface area contributed by atoms with Crippen LogP contribution >= 0.6 is 0 Å². The van der Waals surface area contributed by atoms with Crippen LogP contribution in [0.2, 0.25) is 0 Å². The van der Waals surface area contributed by atoms with Gasteiger partial charge >= 0.3 is 5.97 Å². The van der Waals surface area contributed by atoms with Crippen molar-refractivity contribution in [2.75, 3.05) is 17.2 Å². The maximum absolute atomic E-state index is 11.2. The topological polar surface area (TPSA) is 169 Å². The lowest BCUT2D eigenvalue weighted by Gasteiger charge is -2.20. The molecular weight excluding hydrogens is 354 g/mol. The molecule has 0 amide bonds. The Balaban J connectivity index is 1.97. The van der Waals surface area contributed by atoms with Crippen molar-refractivity contribution in [2.45, 2.75) is 19.9 Å². The van der Waals surface area contributed by atoms with Gasteiger partial charge in [0.15, 0.2) is 11.3 Å². The molecule has 2 aromatic heterocycles. The Hall–Kier alpha value is -3.47. The van der Waals surface area contributed by atoms with Gasteiger partial charge in [-0.3, -0.25) is 0 Å². The minimum Gasteiger partial charge on any atom is -0.507 e. The summed E-state index contributed by atoms with van der Waals surface area (Å²) in [7, 11) is 0. The number of H-pyrrole nitrogens is 1. The number of carboxylic acids is 1. The highest BCUT2D eigenvalue weighted by atomic mass is 16.4. The molecule has 27 heavy (non-hydrogen) atoms. The Labute approximate surface area is 153 Å². The van der Waals surface area contributed by atoms with Crippen LogP contribution in [0, 0.1) is 5.92 Å². The standard InChI is InChI=1S/C16H19N7O4/c1-7(2)10(6-24)18-16-19-13(12-14(20-16)22-23-21-12)17-8-3-4-11(25)9(5-8)15(26)27/h3-5,7,10,24-25H,6H2,1-2H3,(H,26,27)(H3,17,18,19,20,21,22,23)/t10-/m0/s1. The number of hydrogen-bond acceptors (Lipinski definition) is 9. The molecule has 0 radical (unpaired) electrons. The molecule has 0 bridgehead atoms. The molecule has 3 rings (SSSR count). The van der Waals surface area contributed by atoms with Crippen molar-refractivity contribution in [2.24, 2.45) is 5.92 Å². The number of nitrogens with zero attached hydrogens (tertiary/aromatic N) is 4. The van der Waals surface area contributed by atoms with Crippen LogP contribution in [0.4, 0.5) is 17.5 Å². The van der Waals surface area contributed by atoms with Gasteiger partial charge in [0.2, 0.25) is 11.6 Å². The maximum Gasteiger partial charge on any atom is 0.339 e. The Bertz CT molecular complexity index is 973. The number of hydrogen-bond donors (Lipinski definition) is 6. The van der Waals surface area contributed by atoms with Crippen LogP contribution < -0.4 is 10.6 Å². The van der Waals surface area contributed by atoms with Gasteiger partial charge in [0.1, 0.15) is 11.3 Å². The highest BCUT2D eigenvalue weighted by Crippen LogP contribution is 2.26. The van der Waals surface area contributed by atoms with Crippen LogP contribution in [0.3, 0.4) is 0 Å².